The number of carbonyl (C=O) groups excluding carboxylic acids is 4. The standard InChI is InChI=1S/C46H52N8O8/c1-59-21-17-33(47)44(56)54(46(58)62-4)20-6-8-40(54)42-49-35-16-14-32(26-38(35)51-42)30-12-10-27-23-29(11-9-28(27)24-30)31-13-15-34-37(25-31)50-41(48-34)39-7-5-19-53(39)43(55)36(18-22-60-2)52-45(57)61-3/h9-16,23-26,33,36,39-40H,5-8,17-22,47H2,1-4H3,(H2-,48,49,50,51,52,57)/p+1/t33-,36-,39-,40-,54?/m0/s1. The summed E-state index contributed by atoms with van der Waals surface area (Å²) < 4.78 is 19.8. The first-order valence-corrected chi connectivity index (χ1v) is 21.0. The molecule has 2 aromatic heterocycles. The zero-order valence-corrected chi connectivity index (χ0v) is 35.4. The lowest BCUT2D eigenvalue weighted by atomic mass is 9.97. The summed E-state index contributed by atoms with van der Waals surface area (Å²) >= 11 is 0. The highest BCUT2D eigenvalue weighted by Gasteiger charge is 2.58. The monoisotopic (exact) mass is 845 g/mol. The first-order valence-electron chi connectivity index (χ1n) is 21.0. The minimum Gasteiger partial charge on any atom is -0.453 e. The average molecular weight is 846 g/mol. The zero-order chi connectivity index (χ0) is 43.5. The van der Waals surface area contributed by atoms with Crippen LogP contribution in [0.5, 0.6) is 0 Å². The van der Waals surface area contributed by atoms with E-state index in [1.54, 1.807) is 19.1 Å². The Morgan fingerprint density at radius 2 is 1.34 bits per heavy atom. The van der Waals surface area contributed by atoms with Crippen molar-refractivity contribution in [1.82, 2.24) is 30.2 Å². The normalized spacial score (nSPS) is 19.9. The van der Waals surface area contributed by atoms with E-state index in [1.807, 2.05) is 24.3 Å². The number of methoxy groups -OCH3 is 4. The molecule has 324 valence electrons. The third-order valence-corrected chi connectivity index (χ3v) is 12.4. The van der Waals surface area contributed by atoms with Gasteiger partial charge in [-0.05, 0) is 88.7 Å². The van der Waals surface area contributed by atoms with Crippen molar-refractivity contribution in [3.63, 3.8) is 0 Å². The van der Waals surface area contributed by atoms with Crippen LogP contribution < -0.4 is 11.1 Å². The summed E-state index contributed by atoms with van der Waals surface area (Å²) in [6.45, 7) is 1.46. The Balaban J connectivity index is 1.01. The molecule has 2 fully saturated rings. The number of ether oxygens (including phenoxy) is 4. The van der Waals surface area contributed by atoms with Gasteiger partial charge in [0.05, 0.1) is 48.9 Å². The molecule has 2 aliphatic rings. The van der Waals surface area contributed by atoms with Gasteiger partial charge in [0.1, 0.15) is 17.9 Å². The SMILES string of the molecule is COCC[C@H](NC(=O)OC)C(=O)N1CCC[C@H]1c1nc2ccc(-c3ccc4cc(-c5ccc6nc([C@@H]7CCC[N+]7(C(=O)OC)C(=O)[C@@H](N)CCOC)[nH]c6c5)ccc4c3)cc2[nH]1. The molecule has 4 heterocycles. The van der Waals surface area contributed by atoms with Crippen molar-refractivity contribution >= 4 is 56.8 Å². The number of fused-ring (bicyclic) bond motifs is 3. The number of H-pyrrole nitrogens is 2. The van der Waals surface area contributed by atoms with E-state index >= 15 is 0 Å². The number of benzene rings is 4. The lowest BCUT2D eigenvalue weighted by molar-refractivity contribution is -0.802. The van der Waals surface area contributed by atoms with Gasteiger partial charge < -0.3 is 44.9 Å². The number of carbonyl (C=O) groups is 4. The van der Waals surface area contributed by atoms with Crippen LogP contribution in [0.25, 0.3) is 55.1 Å². The molecule has 0 spiro atoms. The maximum atomic E-state index is 13.8. The van der Waals surface area contributed by atoms with Crippen molar-refractivity contribution in [3.8, 4) is 22.3 Å². The van der Waals surface area contributed by atoms with Gasteiger partial charge >= 0.3 is 18.1 Å². The van der Waals surface area contributed by atoms with E-state index in [1.165, 1.54) is 14.2 Å². The molecule has 5 N–H and O–H groups in total. The first-order chi connectivity index (χ1) is 30.1. The van der Waals surface area contributed by atoms with E-state index in [9.17, 15) is 19.2 Å². The molecule has 4 amide bonds. The molecule has 62 heavy (non-hydrogen) atoms. The lowest BCUT2D eigenvalue weighted by Gasteiger charge is -2.33. The fraction of sp³-hybridized carbons (Fsp3) is 0.391. The molecular formula is C46H53N8O8+. The highest BCUT2D eigenvalue weighted by Crippen LogP contribution is 2.41. The molecule has 2 saturated heterocycles. The van der Waals surface area contributed by atoms with Crippen molar-refractivity contribution in [3.05, 3.63) is 84.4 Å². The van der Waals surface area contributed by atoms with E-state index in [0.717, 1.165) is 67.9 Å². The van der Waals surface area contributed by atoms with Crippen LogP contribution in [0.1, 0.15) is 62.3 Å². The van der Waals surface area contributed by atoms with Crippen LogP contribution >= 0.6 is 0 Å². The number of nitrogens with two attached hydrogens (primary N) is 1. The second kappa shape index (κ2) is 18.0. The largest absolute Gasteiger partial charge is 0.523 e. The van der Waals surface area contributed by atoms with Crippen LogP contribution in [0.2, 0.25) is 0 Å². The van der Waals surface area contributed by atoms with Gasteiger partial charge in [-0.2, -0.15) is 4.79 Å². The fourth-order valence-electron chi connectivity index (χ4n) is 9.20. The highest BCUT2D eigenvalue weighted by molar-refractivity contribution is 5.93. The maximum absolute atomic E-state index is 13.8. The molecule has 16 heteroatoms. The van der Waals surface area contributed by atoms with Gasteiger partial charge in [0.15, 0.2) is 11.9 Å². The number of amides is 4. The number of alkyl carbamates (subject to hydrolysis) is 1. The van der Waals surface area contributed by atoms with Crippen LogP contribution in [-0.4, -0.2) is 120 Å². The Morgan fingerprint density at radius 3 is 1.95 bits per heavy atom. The molecule has 0 saturated carbocycles. The number of nitrogens with zero attached hydrogens (tertiary/aromatic N) is 4. The molecular weight excluding hydrogens is 793 g/mol. The van der Waals surface area contributed by atoms with Crippen LogP contribution in [-0.2, 0) is 28.5 Å². The molecule has 2 aliphatic heterocycles. The molecule has 8 rings (SSSR count). The summed E-state index contributed by atoms with van der Waals surface area (Å²) in [4.78, 5) is 71.4. The summed E-state index contributed by atoms with van der Waals surface area (Å²) in [6, 6.07) is 22.5. The number of hydrogen-bond donors (Lipinski definition) is 4. The molecule has 0 radical (unpaired) electrons. The predicted octanol–water partition coefficient (Wildman–Crippen LogP) is 6.66. The Hall–Kier alpha value is -6.20. The Morgan fingerprint density at radius 1 is 0.758 bits per heavy atom. The smallest absolute Gasteiger partial charge is 0.453 e. The number of nitrogens with one attached hydrogen (secondary N) is 3. The summed E-state index contributed by atoms with van der Waals surface area (Å²) in [5.41, 5.74) is 13.6. The summed E-state index contributed by atoms with van der Waals surface area (Å²) in [7, 11) is 5.68. The van der Waals surface area contributed by atoms with Crippen molar-refractivity contribution in [1.29, 1.82) is 0 Å². The van der Waals surface area contributed by atoms with E-state index in [2.05, 4.69) is 63.8 Å². The zero-order valence-electron chi connectivity index (χ0n) is 35.4. The molecule has 0 bridgehead atoms. The summed E-state index contributed by atoms with van der Waals surface area (Å²) in [6.07, 6.45) is 2.11. The Kier molecular flexibility index (Phi) is 12.4. The number of hydrogen-bond acceptors (Lipinski definition) is 11. The Labute approximate surface area is 358 Å². The number of likely N-dealkylation sites (tertiary alicyclic amines) is 2. The topological polar surface area (TPSA) is 204 Å². The van der Waals surface area contributed by atoms with Crippen LogP contribution in [0.15, 0.2) is 72.8 Å². The van der Waals surface area contributed by atoms with Gasteiger partial charge in [-0.3, -0.25) is 4.79 Å². The molecule has 16 nitrogen and oxygen atoms in total. The lowest BCUT2D eigenvalue weighted by Crippen LogP contribution is -2.61. The number of aromatic nitrogens is 4. The summed E-state index contributed by atoms with van der Waals surface area (Å²) in [5, 5.41) is 4.82. The van der Waals surface area contributed by atoms with Crippen LogP contribution in [0, 0.1) is 0 Å². The Bertz CT molecular complexity index is 2640. The number of aromatic amines is 2. The van der Waals surface area contributed by atoms with Gasteiger partial charge in [-0.25, -0.2) is 19.6 Å². The highest BCUT2D eigenvalue weighted by atomic mass is 16.6. The van der Waals surface area contributed by atoms with E-state index < -0.39 is 40.7 Å². The predicted molar refractivity (Wildman–Crippen MR) is 233 cm³/mol. The maximum Gasteiger partial charge on any atom is 0.523 e. The van der Waals surface area contributed by atoms with Crippen molar-refractivity contribution in [2.24, 2.45) is 5.73 Å². The van der Waals surface area contributed by atoms with Crippen molar-refractivity contribution in [2.75, 3.05) is 54.7 Å². The number of imidazole rings is 2. The van der Waals surface area contributed by atoms with Gasteiger partial charge in [0.25, 0.3) is 0 Å². The van der Waals surface area contributed by atoms with Crippen molar-refractivity contribution in [2.45, 2.75) is 62.7 Å². The van der Waals surface area contributed by atoms with Gasteiger partial charge in [0, 0.05) is 53.2 Å². The second-order valence-corrected chi connectivity index (χ2v) is 16.1. The molecule has 4 aromatic carbocycles. The van der Waals surface area contributed by atoms with Crippen LogP contribution in [0.3, 0.4) is 0 Å². The fourth-order valence-corrected chi connectivity index (χ4v) is 9.20. The summed E-state index contributed by atoms with van der Waals surface area (Å²) in [5.74, 6) is 0.676. The molecule has 0 aliphatic carbocycles. The van der Waals surface area contributed by atoms with Gasteiger partial charge in [0.2, 0.25) is 5.91 Å². The second-order valence-electron chi connectivity index (χ2n) is 16.1. The quantitative estimate of drug-likeness (QED) is 0.0906. The van der Waals surface area contributed by atoms with E-state index in [-0.39, 0.29) is 18.5 Å². The first kappa shape index (κ1) is 42.5. The molecule has 5 atom stereocenters. The van der Waals surface area contributed by atoms with E-state index in [4.69, 9.17) is 34.6 Å². The van der Waals surface area contributed by atoms with Crippen LogP contribution in [0.4, 0.5) is 9.59 Å². The minimum absolute atomic E-state index is 0.192. The number of imide groups is 1. The number of quaternary nitrogens is 1. The number of rotatable bonds is 13. The van der Waals surface area contributed by atoms with Crippen molar-refractivity contribution < 1.29 is 42.6 Å². The third-order valence-electron chi connectivity index (χ3n) is 12.4. The minimum atomic E-state index is -0.887. The third kappa shape index (κ3) is 8.01. The van der Waals surface area contributed by atoms with Gasteiger partial charge in [-0.15, -0.1) is 4.48 Å². The molecule has 1 unspecified atom stereocenters. The average Bonchev–Trinajstić information content (AvgIpc) is 4.13. The van der Waals surface area contributed by atoms with E-state index in [0.29, 0.717) is 57.1 Å². The van der Waals surface area contributed by atoms with Gasteiger partial charge in [-0.1, -0.05) is 36.4 Å². The molecule has 6 aromatic rings.